The molecule has 2 rings (SSSR count). The van der Waals surface area contributed by atoms with E-state index in [4.69, 9.17) is 0 Å². The molecule has 0 saturated carbocycles. The summed E-state index contributed by atoms with van der Waals surface area (Å²) in [6.45, 7) is 9.73. The molecule has 0 spiro atoms. The van der Waals surface area contributed by atoms with Crippen molar-refractivity contribution < 1.29 is 0 Å². The molecule has 0 aromatic carbocycles. The Morgan fingerprint density at radius 1 is 1.39 bits per heavy atom. The number of nitrogens with zero attached hydrogens (tertiary/aromatic N) is 1. The van der Waals surface area contributed by atoms with Crippen LogP contribution in [0.3, 0.4) is 0 Å². The van der Waals surface area contributed by atoms with E-state index in [2.05, 4.69) is 36.4 Å². The van der Waals surface area contributed by atoms with Crippen LogP contribution in [0.25, 0.3) is 0 Å². The van der Waals surface area contributed by atoms with Gasteiger partial charge in [0.1, 0.15) is 0 Å². The molecule has 0 bridgehead atoms. The normalized spacial score (nSPS) is 30.5. The molecule has 2 aliphatic rings. The maximum Gasteiger partial charge on any atom is 0.00822 e. The molecule has 3 heteroatoms. The van der Waals surface area contributed by atoms with E-state index >= 15 is 0 Å². The minimum atomic E-state index is 0.518. The standard InChI is InChI=1S/C15H31N3/c1-13(11-14-5-4-8-16-14)17-12-15(2)6-9-18(3)10-7-15/h13-14,16-17H,4-12H2,1-3H3. The number of nitrogens with one attached hydrogen (secondary N) is 2. The zero-order valence-electron chi connectivity index (χ0n) is 12.5. The van der Waals surface area contributed by atoms with Crippen molar-refractivity contribution in [2.45, 2.75) is 58.0 Å². The highest BCUT2D eigenvalue weighted by Crippen LogP contribution is 2.29. The lowest BCUT2D eigenvalue weighted by Gasteiger charge is -2.39. The topological polar surface area (TPSA) is 27.3 Å². The first-order valence-corrected chi connectivity index (χ1v) is 7.73. The first-order chi connectivity index (χ1) is 8.57. The zero-order chi connectivity index (χ0) is 13.0. The highest BCUT2D eigenvalue weighted by Gasteiger charge is 2.29. The van der Waals surface area contributed by atoms with Crippen molar-refractivity contribution in [3.05, 3.63) is 0 Å². The second-order valence-corrected chi connectivity index (χ2v) is 6.92. The molecule has 2 saturated heterocycles. The largest absolute Gasteiger partial charge is 0.314 e. The monoisotopic (exact) mass is 253 g/mol. The highest BCUT2D eigenvalue weighted by atomic mass is 15.1. The van der Waals surface area contributed by atoms with Crippen LogP contribution in [0.15, 0.2) is 0 Å². The minimum absolute atomic E-state index is 0.518. The molecular formula is C15H31N3. The average Bonchev–Trinajstić information content (AvgIpc) is 2.84. The van der Waals surface area contributed by atoms with Crippen molar-refractivity contribution >= 4 is 0 Å². The third-order valence-electron chi connectivity index (χ3n) is 4.87. The van der Waals surface area contributed by atoms with Crippen LogP contribution in [0.1, 0.15) is 46.0 Å². The number of piperidine rings is 1. The van der Waals surface area contributed by atoms with E-state index in [1.54, 1.807) is 0 Å². The van der Waals surface area contributed by atoms with Gasteiger partial charge in [0.2, 0.25) is 0 Å². The van der Waals surface area contributed by atoms with Crippen LogP contribution in [-0.4, -0.2) is 50.2 Å². The summed E-state index contributed by atoms with van der Waals surface area (Å²) in [4.78, 5) is 2.45. The first kappa shape index (κ1) is 14.3. The molecule has 106 valence electrons. The molecule has 0 radical (unpaired) electrons. The van der Waals surface area contributed by atoms with E-state index in [0.717, 1.165) is 6.04 Å². The summed E-state index contributed by atoms with van der Waals surface area (Å²) >= 11 is 0. The van der Waals surface area contributed by atoms with Crippen molar-refractivity contribution in [3.8, 4) is 0 Å². The predicted octanol–water partition coefficient (Wildman–Crippen LogP) is 1.84. The second kappa shape index (κ2) is 6.36. The Morgan fingerprint density at radius 3 is 2.72 bits per heavy atom. The molecule has 2 heterocycles. The Hall–Kier alpha value is -0.120. The molecule has 2 N–H and O–H groups in total. The molecule has 2 atom stereocenters. The maximum atomic E-state index is 3.78. The van der Waals surface area contributed by atoms with E-state index in [9.17, 15) is 0 Å². The number of rotatable bonds is 5. The molecule has 3 nitrogen and oxygen atoms in total. The number of likely N-dealkylation sites (tertiary alicyclic amines) is 1. The van der Waals surface area contributed by atoms with Crippen LogP contribution in [-0.2, 0) is 0 Å². The summed E-state index contributed by atoms with van der Waals surface area (Å²) in [7, 11) is 2.24. The minimum Gasteiger partial charge on any atom is -0.314 e. The van der Waals surface area contributed by atoms with Gasteiger partial charge in [0.25, 0.3) is 0 Å². The Morgan fingerprint density at radius 2 is 2.11 bits per heavy atom. The van der Waals surface area contributed by atoms with Crippen LogP contribution in [0.2, 0.25) is 0 Å². The van der Waals surface area contributed by atoms with Crippen molar-refractivity contribution in [2.24, 2.45) is 5.41 Å². The molecule has 0 aliphatic carbocycles. The third-order valence-corrected chi connectivity index (χ3v) is 4.87. The summed E-state index contributed by atoms with van der Waals surface area (Å²) in [5, 5.41) is 7.37. The van der Waals surface area contributed by atoms with Gasteiger partial charge >= 0.3 is 0 Å². The summed E-state index contributed by atoms with van der Waals surface area (Å²) < 4.78 is 0. The third kappa shape index (κ3) is 4.22. The summed E-state index contributed by atoms with van der Waals surface area (Å²) in [6.07, 6.45) is 6.70. The highest BCUT2D eigenvalue weighted by molar-refractivity contribution is 4.85. The van der Waals surface area contributed by atoms with Crippen molar-refractivity contribution in [2.75, 3.05) is 33.2 Å². The van der Waals surface area contributed by atoms with E-state index in [1.165, 1.54) is 58.3 Å². The maximum absolute atomic E-state index is 3.78. The Balaban J connectivity index is 1.66. The SMILES string of the molecule is CC(CC1CCCN1)NCC1(C)CCN(C)CC1. The summed E-state index contributed by atoms with van der Waals surface area (Å²) in [6, 6.07) is 1.41. The molecule has 2 fully saturated rings. The lowest BCUT2D eigenvalue weighted by Crippen LogP contribution is -2.45. The van der Waals surface area contributed by atoms with Gasteiger partial charge in [0.05, 0.1) is 0 Å². The van der Waals surface area contributed by atoms with Crippen molar-refractivity contribution in [3.63, 3.8) is 0 Å². The second-order valence-electron chi connectivity index (χ2n) is 6.92. The van der Waals surface area contributed by atoms with E-state index in [-0.39, 0.29) is 0 Å². The van der Waals surface area contributed by atoms with Gasteiger partial charge in [-0.2, -0.15) is 0 Å². The first-order valence-electron chi connectivity index (χ1n) is 7.73. The van der Waals surface area contributed by atoms with Gasteiger partial charge in [-0.3, -0.25) is 0 Å². The fourth-order valence-electron chi connectivity index (χ4n) is 3.22. The lowest BCUT2D eigenvalue weighted by molar-refractivity contribution is 0.133. The Bertz CT molecular complexity index is 240. The van der Waals surface area contributed by atoms with Gasteiger partial charge in [-0.15, -0.1) is 0 Å². The summed E-state index contributed by atoms with van der Waals surface area (Å²) in [5.74, 6) is 0. The molecule has 2 aliphatic heterocycles. The fourth-order valence-corrected chi connectivity index (χ4v) is 3.22. The van der Waals surface area contributed by atoms with Gasteiger partial charge < -0.3 is 15.5 Å². The lowest BCUT2D eigenvalue weighted by atomic mass is 9.80. The molecule has 18 heavy (non-hydrogen) atoms. The zero-order valence-corrected chi connectivity index (χ0v) is 12.5. The Kier molecular flexibility index (Phi) is 5.05. The number of hydrogen-bond acceptors (Lipinski definition) is 3. The van der Waals surface area contributed by atoms with Gasteiger partial charge in [-0.1, -0.05) is 6.92 Å². The predicted molar refractivity (Wildman–Crippen MR) is 77.9 cm³/mol. The molecular weight excluding hydrogens is 222 g/mol. The van der Waals surface area contributed by atoms with Crippen molar-refractivity contribution in [1.29, 1.82) is 0 Å². The fraction of sp³-hybridized carbons (Fsp3) is 1.00. The quantitative estimate of drug-likeness (QED) is 0.783. The van der Waals surface area contributed by atoms with Crippen LogP contribution >= 0.6 is 0 Å². The molecule has 0 aromatic rings. The van der Waals surface area contributed by atoms with Crippen molar-refractivity contribution in [1.82, 2.24) is 15.5 Å². The Labute approximate surface area is 113 Å². The van der Waals surface area contributed by atoms with Gasteiger partial charge in [-0.25, -0.2) is 0 Å². The van der Waals surface area contributed by atoms with E-state index in [0.29, 0.717) is 11.5 Å². The summed E-state index contributed by atoms with van der Waals surface area (Å²) in [5.41, 5.74) is 0.518. The number of hydrogen-bond donors (Lipinski definition) is 2. The van der Waals surface area contributed by atoms with E-state index in [1.807, 2.05) is 0 Å². The molecule has 2 unspecified atom stereocenters. The smallest absolute Gasteiger partial charge is 0.00822 e. The van der Waals surface area contributed by atoms with Gasteiger partial charge in [0, 0.05) is 18.6 Å². The van der Waals surface area contributed by atoms with Gasteiger partial charge in [0.15, 0.2) is 0 Å². The van der Waals surface area contributed by atoms with Crippen LogP contribution in [0, 0.1) is 5.41 Å². The van der Waals surface area contributed by atoms with Crippen LogP contribution in [0.5, 0.6) is 0 Å². The van der Waals surface area contributed by atoms with Crippen LogP contribution < -0.4 is 10.6 Å². The van der Waals surface area contributed by atoms with E-state index < -0.39 is 0 Å². The molecule has 0 amide bonds. The van der Waals surface area contributed by atoms with Gasteiger partial charge in [-0.05, 0) is 71.1 Å². The molecule has 0 aromatic heterocycles. The average molecular weight is 253 g/mol. The van der Waals surface area contributed by atoms with Crippen LogP contribution in [0.4, 0.5) is 0 Å².